The highest BCUT2D eigenvalue weighted by Crippen LogP contribution is 2.35. The quantitative estimate of drug-likeness (QED) is 0.835. The summed E-state index contributed by atoms with van der Waals surface area (Å²) >= 11 is 1.55. The predicted octanol–water partition coefficient (Wildman–Crippen LogP) is 2.98. The maximum atomic E-state index is 5.66. The summed E-state index contributed by atoms with van der Waals surface area (Å²) in [5.41, 5.74) is 1.02. The van der Waals surface area contributed by atoms with E-state index >= 15 is 0 Å². The Morgan fingerprint density at radius 2 is 2.06 bits per heavy atom. The molecule has 0 atom stereocenters. The maximum Gasteiger partial charge on any atom is 0.224 e. The number of nitrogens with zero attached hydrogens (tertiary/aromatic N) is 1. The minimum absolute atomic E-state index is 0.641. The SMILES string of the molecule is COc1csc(-c2ccc3c(c2)OCCCO3)n1. The summed E-state index contributed by atoms with van der Waals surface area (Å²) in [6.45, 7) is 1.40. The largest absolute Gasteiger partial charge is 0.490 e. The number of hydrogen-bond donors (Lipinski definition) is 0. The van der Waals surface area contributed by atoms with Gasteiger partial charge in [-0.25, -0.2) is 4.98 Å². The van der Waals surface area contributed by atoms with Gasteiger partial charge in [0.05, 0.1) is 25.7 Å². The lowest BCUT2D eigenvalue weighted by molar-refractivity contribution is 0.297. The molecule has 5 heteroatoms. The van der Waals surface area contributed by atoms with Gasteiger partial charge in [0.2, 0.25) is 5.88 Å². The fourth-order valence-corrected chi connectivity index (χ4v) is 2.55. The fraction of sp³-hybridized carbons (Fsp3) is 0.308. The Morgan fingerprint density at radius 3 is 2.83 bits per heavy atom. The van der Waals surface area contributed by atoms with Gasteiger partial charge in [-0.1, -0.05) is 0 Å². The van der Waals surface area contributed by atoms with Crippen molar-refractivity contribution in [1.82, 2.24) is 4.98 Å². The minimum atomic E-state index is 0.641. The molecule has 0 fully saturated rings. The Balaban J connectivity index is 1.95. The first kappa shape index (κ1) is 11.3. The number of hydrogen-bond acceptors (Lipinski definition) is 5. The number of fused-ring (bicyclic) bond motifs is 1. The van der Waals surface area contributed by atoms with Crippen molar-refractivity contribution in [3.05, 3.63) is 23.6 Å². The second-order valence-corrected chi connectivity index (χ2v) is 4.77. The maximum absolute atomic E-state index is 5.66. The summed E-state index contributed by atoms with van der Waals surface area (Å²) in [4.78, 5) is 4.37. The van der Waals surface area contributed by atoms with Gasteiger partial charge in [-0.2, -0.15) is 0 Å². The highest BCUT2D eigenvalue weighted by Gasteiger charge is 2.13. The monoisotopic (exact) mass is 263 g/mol. The van der Waals surface area contributed by atoms with Crippen LogP contribution >= 0.6 is 11.3 Å². The summed E-state index contributed by atoms with van der Waals surface area (Å²) in [6, 6.07) is 5.90. The van der Waals surface area contributed by atoms with Crippen molar-refractivity contribution in [3.8, 4) is 28.0 Å². The first-order chi connectivity index (χ1) is 8.86. The molecule has 94 valence electrons. The van der Waals surface area contributed by atoms with Crippen LogP contribution in [0.3, 0.4) is 0 Å². The minimum Gasteiger partial charge on any atom is -0.490 e. The van der Waals surface area contributed by atoms with Crippen molar-refractivity contribution >= 4 is 11.3 Å². The molecule has 0 saturated heterocycles. The number of rotatable bonds is 2. The van der Waals surface area contributed by atoms with E-state index in [0.29, 0.717) is 19.1 Å². The van der Waals surface area contributed by atoms with E-state index < -0.39 is 0 Å². The molecule has 1 aromatic carbocycles. The third-order valence-corrected chi connectivity index (χ3v) is 3.56. The van der Waals surface area contributed by atoms with Gasteiger partial charge < -0.3 is 14.2 Å². The number of methoxy groups -OCH3 is 1. The number of benzene rings is 1. The molecule has 18 heavy (non-hydrogen) atoms. The van der Waals surface area contributed by atoms with Gasteiger partial charge in [0.25, 0.3) is 0 Å². The normalized spacial score (nSPS) is 14.1. The Hall–Kier alpha value is -1.75. The molecule has 2 heterocycles. The second kappa shape index (κ2) is 4.86. The van der Waals surface area contributed by atoms with E-state index in [0.717, 1.165) is 28.5 Å². The Labute approximate surface area is 109 Å². The molecular weight excluding hydrogens is 250 g/mol. The first-order valence-electron chi connectivity index (χ1n) is 5.76. The van der Waals surface area contributed by atoms with E-state index in [2.05, 4.69) is 4.98 Å². The van der Waals surface area contributed by atoms with Crippen LogP contribution in [0.15, 0.2) is 23.6 Å². The average Bonchev–Trinajstić information content (AvgIpc) is 2.76. The van der Waals surface area contributed by atoms with E-state index in [9.17, 15) is 0 Å². The van der Waals surface area contributed by atoms with E-state index in [1.54, 1.807) is 18.4 Å². The Morgan fingerprint density at radius 1 is 1.22 bits per heavy atom. The molecule has 0 aliphatic carbocycles. The van der Waals surface area contributed by atoms with Gasteiger partial charge in [0.15, 0.2) is 11.5 Å². The summed E-state index contributed by atoms with van der Waals surface area (Å²) in [5.74, 6) is 2.24. The highest BCUT2D eigenvalue weighted by atomic mass is 32.1. The summed E-state index contributed by atoms with van der Waals surface area (Å²) in [5, 5.41) is 2.81. The molecular formula is C13H13NO3S. The number of ether oxygens (including phenoxy) is 3. The van der Waals surface area contributed by atoms with Crippen LogP contribution in [0.2, 0.25) is 0 Å². The van der Waals surface area contributed by atoms with Crippen LogP contribution in [0.4, 0.5) is 0 Å². The van der Waals surface area contributed by atoms with Gasteiger partial charge in [0, 0.05) is 12.0 Å². The molecule has 0 radical (unpaired) electrons. The molecule has 0 unspecified atom stereocenters. The topological polar surface area (TPSA) is 40.6 Å². The lowest BCUT2D eigenvalue weighted by atomic mass is 10.2. The Bertz CT molecular complexity index is 553. The average molecular weight is 263 g/mol. The summed E-state index contributed by atoms with van der Waals surface area (Å²) in [7, 11) is 1.62. The van der Waals surface area contributed by atoms with E-state index in [1.807, 2.05) is 23.6 Å². The summed E-state index contributed by atoms with van der Waals surface area (Å²) < 4.78 is 16.4. The van der Waals surface area contributed by atoms with Crippen LogP contribution in [0.5, 0.6) is 17.4 Å². The van der Waals surface area contributed by atoms with E-state index in [-0.39, 0.29) is 0 Å². The van der Waals surface area contributed by atoms with Crippen molar-refractivity contribution in [3.63, 3.8) is 0 Å². The number of aromatic nitrogens is 1. The molecule has 1 aliphatic heterocycles. The zero-order chi connectivity index (χ0) is 12.4. The zero-order valence-electron chi connectivity index (χ0n) is 10.0. The first-order valence-corrected chi connectivity index (χ1v) is 6.64. The predicted molar refractivity (Wildman–Crippen MR) is 69.7 cm³/mol. The van der Waals surface area contributed by atoms with Crippen molar-refractivity contribution in [2.24, 2.45) is 0 Å². The molecule has 2 aromatic rings. The van der Waals surface area contributed by atoms with Gasteiger partial charge in [-0.15, -0.1) is 11.3 Å². The molecule has 3 rings (SSSR count). The molecule has 0 bridgehead atoms. The molecule has 0 amide bonds. The highest BCUT2D eigenvalue weighted by molar-refractivity contribution is 7.13. The molecule has 4 nitrogen and oxygen atoms in total. The fourth-order valence-electron chi connectivity index (χ4n) is 1.78. The molecule has 1 aromatic heterocycles. The van der Waals surface area contributed by atoms with Crippen LogP contribution in [0.1, 0.15) is 6.42 Å². The summed E-state index contributed by atoms with van der Waals surface area (Å²) in [6.07, 6.45) is 0.912. The molecule has 0 spiro atoms. The van der Waals surface area contributed by atoms with E-state index in [4.69, 9.17) is 14.2 Å². The Kier molecular flexibility index (Phi) is 3.06. The van der Waals surface area contributed by atoms with Crippen LogP contribution in [-0.4, -0.2) is 25.3 Å². The van der Waals surface area contributed by atoms with Crippen LogP contribution in [0.25, 0.3) is 10.6 Å². The van der Waals surface area contributed by atoms with Crippen LogP contribution in [-0.2, 0) is 0 Å². The van der Waals surface area contributed by atoms with Crippen molar-refractivity contribution in [1.29, 1.82) is 0 Å². The van der Waals surface area contributed by atoms with Gasteiger partial charge in [0.1, 0.15) is 5.01 Å². The van der Waals surface area contributed by atoms with Crippen LogP contribution < -0.4 is 14.2 Å². The standard InChI is InChI=1S/C13H13NO3S/c1-15-12-8-18-13(14-12)9-3-4-10-11(7-9)17-6-2-5-16-10/h3-4,7-8H,2,5-6H2,1H3. The van der Waals surface area contributed by atoms with Gasteiger partial charge in [-0.05, 0) is 18.2 Å². The lowest BCUT2D eigenvalue weighted by Gasteiger charge is -2.07. The smallest absolute Gasteiger partial charge is 0.224 e. The van der Waals surface area contributed by atoms with Crippen molar-refractivity contribution < 1.29 is 14.2 Å². The lowest BCUT2D eigenvalue weighted by Crippen LogP contribution is -1.97. The van der Waals surface area contributed by atoms with Gasteiger partial charge in [-0.3, -0.25) is 0 Å². The third-order valence-electron chi connectivity index (χ3n) is 2.69. The number of thiazole rings is 1. The van der Waals surface area contributed by atoms with Gasteiger partial charge >= 0.3 is 0 Å². The second-order valence-electron chi connectivity index (χ2n) is 3.91. The van der Waals surface area contributed by atoms with Crippen molar-refractivity contribution in [2.75, 3.05) is 20.3 Å². The van der Waals surface area contributed by atoms with Crippen LogP contribution in [0, 0.1) is 0 Å². The third kappa shape index (κ3) is 2.13. The molecule has 0 saturated carbocycles. The zero-order valence-corrected chi connectivity index (χ0v) is 10.8. The molecule has 0 N–H and O–H groups in total. The van der Waals surface area contributed by atoms with E-state index in [1.165, 1.54) is 0 Å². The van der Waals surface area contributed by atoms with Crippen molar-refractivity contribution in [2.45, 2.75) is 6.42 Å². The molecule has 1 aliphatic rings.